The van der Waals surface area contributed by atoms with Crippen LogP contribution in [0.2, 0.25) is 0 Å². The molecule has 1 aromatic carbocycles. The van der Waals surface area contributed by atoms with E-state index in [1.54, 1.807) is 29.2 Å². The first-order chi connectivity index (χ1) is 10.6. The maximum Gasteiger partial charge on any atom is 0.305 e. The van der Waals surface area contributed by atoms with Gasteiger partial charge in [-0.3, -0.25) is 9.59 Å². The van der Waals surface area contributed by atoms with E-state index in [-0.39, 0.29) is 12.3 Å². The van der Waals surface area contributed by atoms with Crippen LogP contribution < -0.4 is 5.32 Å². The highest BCUT2D eigenvalue weighted by Crippen LogP contribution is 2.35. The van der Waals surface area contributed by atoms with E-state index in [2.05, 4.69) is 15.4 Å². The summed E-state index contributed by atoms with van der Waals surface area (Å²) in [4.78, 5) is 27.2. The lowest BCUT2D eigenvalue weighted by molar-refractivity contribution is -0.139. The van der Waals surface area contributed by atoms with Gasteiger partial charge in [-0.1, -0.05) is 6.07 Å². The van der Waals surface area contributed by atoms with Gasteiger partial charge < -0.3 is 10.4 Å². The van der Waals surface area contributed by atoms with Gasteiger partial charge in [-0.25, -0.2) is 9.67 Å². The number of hydrogen-bond donors (Lipinski definition) is 2. The van der Waals surface area contributed by atoms with Crippen molar-refractivity contribution in [1.82, 2.24) is 20.1 Å². The van der Waals surface area contributed by atoms with Gasteiger partial charge in [0.25, 0.3) is 5.91 Å². The fourth-order valence-electron chi connectivity index (χ4n) is 2.68. The molecule has 1 saturated carbocycles. The number of amides is 1. The summed E-state index contributed by atoms with van der Waals surface area (Å²) in [5.41, 5.74) is 0.599. The average Bonchev–Trinajstić information content (AvgIpc) is 2.98. The molecule has 7 nitrogen and oxygen atoms in total. The largest absolute Gasteiger partial charge is 0.481 e. The summed E-state index contributed by atoms with van der Waals surface area (Å²) in [6.45, 7) is 0. The molecule has 22 heavy (non-hydrogen) atoms. The number of aromatic nitrogens is 3. The van der Waals surface area contributed by atoms with Crippen LogP contribution in [-0.2, 0) is 4.79 Å². The van der Waals surface area contributed by atoms with Crippen molar-refractivity contribution in [3.8, 4) is 5.69 Å². The second-order valence-electron chi connectivity index (χ2n) is 5.55. The maximum absolute atomic E-state index is 12.4. The van der Waals surface area contributed by atoms with Gasteiger partial charge in [-0.2, -0.15) is 5.10 Å². The van der Waals surface area contributed by atoms with Crippen LogP contribution in [0.4, 0.5) is 0 Å². The van der Waals surface area contributed by atoms with Gasteiger partial charge in [-0.05, 0) is 37.5 Å². The maximum atomic E-state index is 12.4. The Morgan fingerprint density at radius 1 is 1.36 bits per heavy atom. The van der Waals surface area contributed by atoms with Crippen LogP contribution in [0.5, 0.6) is 0 Å². The number of hydrogen-bond acceptors (Lipinski definition) is 4. The van der Waals surface area contributed by atoms with Crippen LogP contribution >= 0.6 is 0 Å². The summed E-state index contributed by atoms with van der Waals surface area (Å²) in [6, 6.07) is 6.98. The first-order valence-corrected chi connectivity index (χ1v) is 7.07. The van der Waals surface area contributed by atoms with Gasteiger partial charge in [0, 0.05) is 5.56 Å². The smallest absolute Gasteiger partial charge is 0.305 e. The van der Waals surface area contributed by atoms with E-state index in [1.165, 1.54) is 6.33 Å². The molecule has 0 atom stereocenters. The number of nitrogens with one attached hydrogen (secondary N) is 1. The normalized spacial score (nSPS) is 15.8. The van der Waals surface area contributed by atoms with Crippen molar-refractivity contribution in [3.05, 3.63) is 42.5 Å². The summed E-state index contributed by atoms with van der Waals surface area (Å²) < 4.78 is 1.56. The monoisotopic (exact) mass is 300 g/mol. The highest BCUT2D eigenvalue weighted by molar-refractivity contribution is 5.95. The highest BCUT2D eigenvalue weighted by atomic mass is 16.4. The zero-order valence-electron chi connectivity index (χ0n) is 11.9. The molecule has 114 valence electrons. The Bertz CT molecular complexity index is 693. The van der Waals surface area contributed by atoms with E-state index in [0.29, 0.717) is 18.4 Å². The molecule has 1 heterocycles. The van der Waals surface area contributed by atoms with Crippen molar-refractivity contribution < 1.29 is 14.7 Å². The Labute approximate surface area is 127 Å². The van der Waals surface area contributed by atoms with Crippen molar-refractivity contribution in [2.45, 2.75) is 31.2 Å². The molecule has 1 aliphatic rings. The number of nitrogens with zero attached hydrogens (tertiary/aromatic N) is 3. The summed E-state index contributed by atoms with van der Waals surface area (Å²) in [5, 5.41) is 15.9. The Hall–Kier alpha value is -2.70. The third-order valence-corrected chi connectivity index (χ3v) is 3.97. The molecule has 1 amide bonds. The molecule has 0 saturated heterocycles. The Morgan fingerprint density at radius 2 is 2.18 bits per heavy atom. The van der Waals surface area contributed by atoms with Gasteiger partial charge >= 0.3 is 5.97 Å². The molecule has 1 aliphatic carbocycles. The molecule has 2 aromatic rings. The summed E-state index contributed by atoms with van der Waals surface area (Å²) in [5.74, 6) is -1.15. The zero-order chi connectivity index (χ0) is 15.6. The predicted molar refractivity (Wildman–Crippen MR) is 77.7 cm³/mol. The Morgan fingerprint density at radius 3 is 2.77 bits per heavy atom. The van der Waals surface area contributed by atoms with E-state index < -0.39 is 11.5 Å². The summed E-state index contributed by atoms with van der Waals surface area (Å²) in [6.07, 6.45) is 5.27. The van der Waals surface area contributed by atoms with Gasteiger partial charge in [0.2, 0.25) is 0 Å². The zero-order valence-corrected chi connectivity index (χ0v) is 11.9. The molecular formula is C15H16N4O3. The molecule has 1 fully saturated rings. The lowest BCUT2D eigenvalue weighted by atomic mass is 9.74. The van der Waals surface area contributed by atoms with Crippen molar-refractivity contribution in [1.29, 1.82) is 0 Å². The number of carboxylic acids is 1. The highest BCUT2D eigenvalue weighted by Gasteiger charge is 2.40. The first-order valence-electron chi connectivity index (χ1n) is 7.07. The molecular weight excluding hydrogens is 284 g/mol. The molecule has 0 spiro atoms. The minimum atomic E-state index is -0.892. The summed E-state index contributed by atoms with van der Waals surface area (Å²) >= 11 is 0. The molecule has 0 unspecified atom stereocenters. The summed E-state index contributed by atoms with van der Waals surface area (Å²) in [7, 11) is 0. The van der Waals surface area contributed by atoms with Crippen LogP contribution in [0.25, 0.3) is 5.69 Å². The molecule has 0 bridgehead atoms. The van der Waals surface area contributed by atoms with Crippen LogP contribution in [0.15, 0.2) is 36.9 Å². The SMILES string of the molecule is O=C(O)CC1(NC(=O)c2cccc(-n3cncn3)c2)CCC1. The van der Waals surface area contributed by atoms with Crippen molar-refractivity contribution in [2.75, 3.05) is 0 Å². The van der Waals surface area contributed by atoms with Gasteiger partial charge in [-0.15, -0.1) is 0 Å². The molecule has 7 heteroatoms. The van der Waals surface area contributed by atoms with Crippen LogP contribution in [0.3, 0.4) is 0 Å². The van der Waals surface area contributed by atoms with Crippen molar-refractivity contribution >= 4 is 11.9 Å². The quantitative estimate of drug-likeness (QED) is 0.869. The fourth-order valence-corrected chi connectivity index (χ4v) is 2.68. The molecule has 3 rings (SSSR count). The van der Waals surface area contributed by atoms with E-state index in [1.807, 2.05) is 6.07 Å². The van der Waals surface area contributed by atoms with Gasteiger partial charge in [0.1, 0.15) is 12.7 Å². The Kier molecular flexibility index (Phi) is 3.62. The fraction of sp³-hybridized carbons (Fsp3) is 0.333. The van der Waals surface area contributed by atoms with E-state index >= 15 is 0 Å². The number of aliphatic carboxylic acids is 1. The van der Waals surface area contributed by atoms with E-state index in [9.17, 15) is 9.59 Å². The van der Waals surface area contributed by atoms with Crippen LogP contribution in [-0.4, -0.2) is 37.3 Å². The number of carbonyl (C=O) groups is 2. The molecule has 1 aromatic heterocycles. The van der Waals surface area contributed by atoms with Crippen LogP contribution in [0.1, 0.15) is 36.0 Å². The van der Waals surface area contributed by atoms with Crippen LogP contribution in [0, 0.1) is 0 Å². The second-order valence-corrected chi connectivity index (χ2v) is 5.55. The topological polar surface area (TPSA) is 97.1 Å². The lowest BCUT2D eigenvalue weighted by Crippen LogP contribution is -2.54. The number of carboxylic acid groups (broad SMARTS) is 1. The van der Waals surface area contributed by atoms with Crippen molar-refractivity contribution in [2.24, 2.45) is 0 Å². The number of benzene rings is 1. The van der Waals surface area contributed by atoms with Gasteiger partial charge in [0.05, 0.1) is 17.6 Å². The minimum Gasteiger partial charge on any atom is -0.481 e. The predicted octanol–water partition coefficient (Wildman–Crippen LogP) is 1.39. The van der Waals surface area contributed by atoms with E-state index in [0.717, 1.165) is 12.1 Å². The third-order valence-electron chi connectivity index (χ3n) is 3.97. The first kappa shape index (κ1) is 14.2. The van der Waals surface area contributed by atoms with Crippen molar-refractivity contribution in [3.63, 3.8) is 0 Å². The molecule has 2 N–H and O–H groups in total. The van der Waals surface area contributed by atoms with Gasteiger partial charge in [0.15, 0.2) is 0 Å². The van der Waals surface area contributed by atoms with E-state index in [4.69, 9.17) is 5.11 Å². The standard InChI is InChI=1S/C15H16N4O3/c20-13(21)8-15(5-2-6-15)18-14(22)11-3-1-4-12(7-11)19-10-16-9-17-19/h1,3-4,7,9-10H,2,5-6,8H2,(H,18,22)(H,20,21). The lowest BCUT2D eigenvalue weighted by Gasteiger charge is -2.41. The Balaban J connectivity index is 1.78. The minimum absolute atomic E-state index is 0.0402. The molecule has 0 radical (unpaired) electrons. The number of rotatable bonds is 5. The molecule has 0 aliphatic heterocycles. The third kappa shape index (κ3) is 2.83. The number of carbonyl (C=O) groups excluding carboxylic acids is 1. The average molecular weight is 300 g/mol. The second kappa shape index (κ2) is 5.59.